The number of halogens is 1. The Labute approximate surface area is 110 Å². The number of rotatable bonds is 2. The van der Waals surface area contributed by atoms with Gasteiger partial charge in [-0.1, -0.05) is 34.1 Å². The summed E-state index contributed by atoms with van der Waals surface area (Å²) >= 11 is 6.92. The van der Waals surface area contributed by atoms with Crippen LogP contribution < -0.4 is 0 Å². The molecule has 3 rings (SSSR count). The van der Waals surface area contributed by atoms with E-state index in [0.717, 1.165) is 16.0 Å². The number of thiophene rings is 1. The van der Waals surface area contributed by atoms with E-state index in [1.165, 1.54) is 15.6 Å². The molecule has 0 unspecified atom stereocenters. The highest BCUT2D eigenvalue weighted by Gasteiger charge is 2.08. The number of nitrogens with zero attached hydrogens (tertiary/aromatic N) is 1. The number of thiazole rings is 1. The van der Waals surface area contributed by atoms with Crippen LogP contribution in [0.5, 0.6) is 0 Å². The van der Waals surface area contributed by atoms with Crippen LogP contribution in [0.4, 0.5) is 0 Å². The zero-order chi connectivity index (χ0) is 11.0. The van der Waals surface area contributed by atoms with E-state index < -0.39 is 0 Å². The maximum absolute atomic E-state index is 4.60. The van der Waals surface area contributed by atoms with Gasteiger partial charge in [-0.05, 0) is 6.07 Å². The third-order valence-corrected chi connectivity index (χ3v) is 5.14. The van der Waals surface area contributed by atoms with Crippen molar-refractivity contribution in [1.82, 2.24) is 4.98 Å². The van der Waals surface area contributed by atoms with E-state index in [2.05, 4.69) is 55.9 Å². The molecule has 0 atom stereocenters. The van der Waals surface area contributed by atoms with Crippen molar-refractivity contribution in [3.05, 3.63) is 40.0 Å². The third kappa shape index (κ3) is 1.71. The van der Waals surface area contributed by atoms with Crippen LogP contribution in [0.1, 0.15) is 5.01 Å². The first-order valence-electron chi connectivity index (χ1n) is 4.85. The van der Waals surface area contributed by atoms with Crippen molar-refractivity contribution in [2.45, 2.75) is 5.33 Å². The van der Waals surface area contributed by atoms with Gasteiger partial charge in [0.1, 0.15) is 5.01 Å². The lowest BCUT2D eigenvalue weighted by molar-refractivity contribution is 1.29. The van der Waals surface area contributed by atoms with Gasteiger partial charge in [-0.2, -0.15) is 0 Å². The van der Waals surface area contributed by atoms with Crippen molar-refractivity contribution in [1.29, 1.82) is 0 Å². The van der Waals surface area contributed by atoms with Crippen molar-refractivity contribution in [2.75, 3.05) is 0 Å². The standard InChI is InChI=1S/C12H8BrNS2/c13-5-12-14-10(7-16-12)9-6-15-11-4-2-1-3-8(9)11/h1-4,6-7H,5H2. The highest BCUT2D eigenvalue weighted by Crippen LogP contribution is 2.34. The van der Waals surface area contributed by atoms with Crippen LogP contribution in [0.3, 0.4) is 0 Å². The fraction of sp³-hybridized carbons (Fsp3) is 0.0833. The van der Waals surface area contributed by atoms with Gasteiger partial charge in [0.05, 0.1) is 11.0 Å². The number of fused-ring (bicyclic) bond motifs is 1. The second-order valence-corrected chi connectivity index (χ2v) is 5.82. The Kier molecular flexibility index (Phi) is 2.79. The largest absolute Gasteiger partial charge is 0.240 e. The summed E-state index contributed by atoms with van der Waals surface area (Å²) in [5.74, 6) is 0. The summed E-state index contributed by atoms with van der Waals surface area (Å²) in [6.45, 7) is 0. The molecule has 0 fully saturated rings. The van der Waals surface area contributed by atoms with Crippen LogP contribution in [0.25, 0.3) is 21.3 Å². The maximum atomic E-state index is 4.60. The molecule has 0 radical (unpaired) electrons. The monoisotopic (exact) mass is 309 g/mol. The highest BCUT2D eigenvalue weighted by molar-refractivity contribution is 9.08. The minimum Gasteiger partial charge on any atom is -0.240 e. The molecule has 0 saturated carbocycles. The summed E-state index contributed by atoms with van der Waals surface area (Å²) < 4.78 is 1.32. The number of benzene rings is 1. The topological polar surface area (TPSA) is 12.9 Å². The second-order valence-electron chi connectivity index (χ2n) is 3.41. The minimum absolute atomic E-state index is 0.833. The first-order chi connectivity index (χ1) is 7.88. The van der Waals surface area contributed by atoms with E-state index in [9.17, 15) is 0 Å². The zero-order valence-corrected chi connectivity index (χ0v) is 11.5. The average molecular weight is 310 g/mol. The van der Waals surface area contributed by atoms with Gasteiger partial charge in [0, 0.05) is 26.4 Å². The Morgan fingerprint density at radius 3 is 2.81 bits per heavy atom. The normalized spacial score (nSPS) is 11.1. The lowest BCUT2D eigenvalue weighted by Gasteiger charge is -1.93. The Balaban J connectivity index is 2.18. The number of hydrogen-bond acceptors (Lipinski definition) is 3. The summed E-state index contributed by atoms with van der Waals surface area (Å²) in [5.41, 5.74) is 2.35. The third-order valence-electron chi connectivity index (χ3n) is 2.42. The molecule has 1 nitrogen and oxygen atoms in total. The smallest absolute Gasteiger partial charge is 0.104 e. The van der Waals surface area contributed by atoms with Crippen LogP contribution in [0, 0.1) is 0 Å². The molecule has 16 heavy (non-hydrogen) atoms. The lowest BCUT2D eigenvalue weighted by atomic mass is 10.1. The van der Waals surface area contributed by atoms with Gasteiger partial charge >= 0.3 is 0 Å². The SMILES string of the molecule is BrCc1nc(-c2csc3ccccc23)cs1. The van der Waals surface area contributed by atoms with Crippen molar-refractivity contribution >= 4 is 48.7 Å². The number of alkyl halides is 1. The maximum Gasteiger partial charge on any atom is 0.104 e. The fourth-order valence-electron chi connectivity index (χ4n) is 1.67. The lowest BCUT2D eigenvalue weighted by Crippen LogP contribution is -1.77. The van der Waals surface area contributed by atoms with Crippen LogP contribution in [-0.4, -0.2) is 4.98 Å². The Hall–Kier alpha value is -0.710. The fourth-order valence-corrected chi connectivity index (χ4v) is 3.79. The molecule has 0 bridgehead atoms. The molecule has 0 N–H and O–H groups in total. The quantitative estimate of drug-likeness (QED) is 0.612. The zero-order valence-electron chi connectivity index (χ0n) is 8.31. The summed E-state index contributed by atoms with van der Waals surface area (Å²) in [7, 11) is 0. The van der Waals surface area contributed by atoms with Crippen molar-refractivity contribution in [3.8, 4) is 11.3 Å². The number of hydrogen-bond donors (Lipinski definition) is 0. The molecule has 0 spiro atoms. The molecule has 0 aliphatic rings. The van der Waals surface area contributed by atoms with Crippen LogP contribution in [0.2, 0.25) is 0 Å². The Morgan fingerprint density at radius 1 is 1.12 bits per heavy atom. The van der Waals surface area contributed by atoms with Crippen LogP contribution >= 0.6 is 38.6 Å². The van der Waals surface area contributed by atoms with Gasteiger partial charge in [-0.25, -0.2) is 4.98 Å². The van der Waals surface area contributed by atoms with Crippen LogP contribution in [-0.2, 0) is 5.33 Å². The predicted octanol–water partition coefficient (Wildman–Crippen LogP) is 4.92. The summed E-state index contributed by atoms with van der Waals surface area (Å²) in [4.78, 5) is 4.60. The van der Waals surface area contributed by atoms with E-state index in [4.69, 9.17) is 0 Å². The highest BCUT2D eigenvalue weighted by atomic mass is 79.9. The van der Waals surface area contributed by atoms with E-state index in [-0.39, 0.29) is 0 Å². The van der Waals surface area contributed by atoms with Gasteiger partial charge in [-0.15, -0.1) is 22.7 Å². The van der Waals surface area contributed by atoms with E-state index in [0.29, 0.717) is 0 Å². The first-order valence-corrected chi connectivity index (χ1v) is 7.73. The van der Waals surface area contributed by atoms with Gasteiger partial charge in [0.15, 0.2) is 0 Å². The minimum atomic E-state index is 0.833. The molecule has 3 aromatic rings. The molecular formula is C12H8BrNS2. The molecule has 0 aliphatic heterocycles. The van der Waals surface area contributed by atoms with E-state index in [1.807, 2.05) is 0 Å². The van der Waals surface area contributed by atoms with Gasteiger partial charge in [-0.3, -0.25) is 0 Å². The molecule has 1 aromatic carbocycles. The molecule has 0 aliphatic carbocycles. The summed E-state index contributed by atoms with van der Waals surface area (Å²) in [6, 6.07) is 8.47. The van der Waals surface area contributed by atoms with Gasteiger partial charge < -0.3 is 0 Å². The van der Waals surface area contributed by atoms with Gasteiger partial charge in [0.2, 0.25) is 0 Å². The van der Waals surface area contributed by atoms with Crippen molar-refractivity contribution in [2.24, 2.45) is 0 Å². The Morgan fingerprint density at radius 2 is 2.00 bits per heavy atom. The molecular weight excluding hydrogens is 302 g/mol. The summed E-state index contributed by atoms with van der Waals surface area (Å²) in [6.07, 6.45) is 0. The predicted molar refractivity (Wildman–Crippen MR) is 75.6 cm³/mol. The van der Waals surface area contributed by atoms with Crippen LogP contribution in [0.15, 0.2) is 35.0 Å². The molecule has 4 heteroatoms. The van der Waals surface area contributed by atoms with Crippen molar-refractivity contribution in [3.63, 3.8) is 0 Å². The molecule has 2 heterocycles. The molecule has 2 aromatic heterocycles. The second kappa shape index (κ2) is 4.28. The molecule has 0 amide bonds. The number of aromatic nitrogens is 1. The summed E-state index contributed by atoms with van der Waals surface area (Å²) in [5, 5.41) is 7.59. The average Bonchev–Trinajstić information content (AvgIpc) is 2.94. The van der Waals surface area contributed by atoms with Gasteiger partial charge in [0.25, 0.3) is 0 Å². The first kappa shape index (κ1) is 10.4. The van der Waals surface area contributed by atoms with E-state index >= 15 is 0 Å². The Bertz CT molecular complexity index is 627. The molecule has 80 valence electrons. The van der Waals surface area contributed by atoms with E-state index in [1.54, 1.807) is 22.7 Å². The van der Waals surface area contributed by atoms with Crippen molar-refractivity contribution < 1.29 is 0 Å². The molecule has 0 saturated heterocycles.